The van der Waals surface area contributed by atoms with Crippen LogP contribution in [0.15, 0.2) is 103 Å². The average Bonchev–Trinajstić information content (AvgIpc) is 3.12. The molecule has 0 spiro atoms. The highest BCUT2D eigenvalue weighted by Crippen LogP contribution is 2.34. The van der Waals surface area contributed by atoms with Gasteiger partial charge in [-0.3, -0.25) is 9.59 Å². The number of rotatable bonds is 16. The summed E-state index contributed by atoms with van der Waals surface area (Å²) in [7, 11) is 1.59. The number of thioether (sulfide) groups is 1. The second kappa shape index (κ2) is 19.0. The Kier molecular flexibility index (Phi) is 14.2. The molecule has 0 saturated carbocycles. The molecule has 2 aliphatic rings. The molecule has 3 aromatic rings. The zero-order valence-corrected chi connectivity index (χ0v) is 28.8. The largest absolute Gasteiger partial charge is 0.463 e. The van der Waals surface area contributed by atoms with Gasteiger partial charge in [-0.1, -0.05) is 91.0 Å². The van der Waals surface area contributed by atoms with Gasteiger partial charge in [-0.05, 0) is 28.8 Å². The van der Waals surface area contributed by atoms with Gasteiger partial charge >= 0.3 is 11.9 Å². The first kappa shape index (κ1) is 36.7. The van der Waals surface area contributed by atoms with Crippen molar-refractivity contribution in [3.63, 3.8) is 0 Å². The van der Waals surface area contributed by atoms with Crippen molar-refractivity contribution in [2.24, 2.45) is 0 Å². The third-order valence-corrected chi connectivity index (χ3v) is 9.11. The Morgan fingerprint density at radius 2 is 1.18 bits per heavy atom. The predicted molar refractivity (Wildman–Crippen MR) is 183 cm³/mol. The minimum atomic E-state index is -0.750. The standard InChI is InChI=1S/C38H44O10S/c1-26(39)42-24-32-31(46-27(2)40)19-20-34(47-32)49-25-33-35(43-21-28-13-7-4-8-14-28)36(44-22-29-15-9-5-10-16-29)37(38(41-3)48-33)45-23-30-17-11-6-12-18-30/h4-20,31-38H,21-25H2,1-3H3/t31-,32+,33+,34+,35+,36-,37+,38-/m0/s1. The summed E-state index contributed by atoms with van der Waals surface area (Å²) < 4.78 is 49.2. The van der Waals surface area contributed by atoms with Gasteiger partial charge in [0, 0.05) is 26.7 Å². The third kappa shape index (κ3) is 11.2. The van der Waals surface area contributed by atoms with Crippen molar-refractivity contribution in [1.82, 2.24) is 0 Å². The normalized spacial score (nSPS) is 26.6. The highest BCUT2D eigenvalue weighted by atomic mass is 32.2. The molecule has 0 aromatic heterocycles. The molecule has 0 aliphatic carbocycles. The molecule has 5 rings (SSSR count). The lowest BCUT2D eigenvalue weighted by Crippen LogP contribution is -2.61. The van der Waals surface area contributed by atoms with Gasteiger partial charge in [0.25, 0.3) is 0 Å². The lowest BCUT2D eigenvalue weighted by atomic mass is 9.98. The number of benzene rings is 3. The van der Waals surface area contributed by atoms with Crippen LogP contribution in [0.2, 0.25) is 0 Å². The first-order valence-corrected chi connectivity index (χ1v) is 17.3. The molecule has 2 heterocycles. The fraction of sp³-hybridized carbons (Fsp3) is 0.421. The molecule has 2 aliphatic heterocycles. The molecule has 49 heavy (non-hydrogen) atoms. The first-order chi connectivity index (χ1) is 23.9. The van der Waals surface area contributed by atoms with Gasteiger partial charge in [0.2, 0.25) is 0 Å². The lowest BCUT2D eigenvalue weighted by molar-refractivity contribution is -0.313. The second-order valence-electron chi connectivity index (χ2n) is 11.7. The minimum Gasteiger partial charge on any atom is -0.463 e. The lowest BCUT2D eigenvalue weighted by Gasteiger charge is -2.46. The molecule has 10 nitrogen and oxygen atoms in total. The Morgan fingerprint density at radius 1 is 0.653 bits per heavy atom. The molecule has 262 valence electrons. The zero-order valence-electron chi connectivity index (χ0n) is 28.0. The third-order valence-electron chi connectivity index (χ3n) is 7.99. The van der Waals surface area contributed by atoms with Crippen LogP contribution >= 0.6 is 11.8 Å². The van der Waals surface area contributed by atoms with E-state index in [1.165, 1.54) is 25.6 Å². The van der Waals surface area contributed by atoms with E-state index in [4.69, 9.17) is 37.9 Å². The van der Waals surface area contributed by atoms with E-state index in [0.717, 1.165) is 16.7 Å². The highest BCUT2D eigenvalue weighted by molar-refractivity contribution is 7.99. The molecule has 11 heteroatoms. The van der Waals surface area contributed by atoms with E-state index in [0.29, 0.717) is 25.6 Å². The Hall–Kier alpha value is -3.55. The SMILES string of the molecule is CO[C@H]1O[C@H](CS[C@@H]2C=C[C@H](OC(C)=O)[C@@H](COC(C)=O)O2)[C@@H](OCc2ccccc2)[C@H](OCc2ccccc2)[C@H]1OCc1ccccc1. The summed E-state index contributed by atoms with van der Waals surface area (Å²) in [6.45, 7) is 3.59. The van der Waals surface area contributed by atoms with Crippen LogP contribution in [0.25, 0.3) is 0 Å². The number of hydrogen-bond donors (Lipinski definition) is 0. The molecular weight excluding hydrogens is 648 g/mol. The number of carbonyl (C=O) groups is 2. The average molecular weight is 693 g/mol. The van der Waals surface area contributed by atoms with Crippen LogP contribution in [0.4, 0.5) is 0 Å². The van der Waals surface area contributed by atoms with Crippen LogP contribution in [-0.4, -0.2) is 79.8 Å². The maximum atomic E-state index is 11.7. The summed E-state index contributed by atoms with van der Waals surface area (Å²) in [4.78, 5) is 23.3. The molecule has 0 bridgehead atoms. The minimum absolute atomic E-state index is 0.0565. The second-order valence-corrected chi connectivity index (χ2v) is 12.8. The van der Waals surface area contributed by atoms with E-state index in [-0.39, 0.29) is 6.61 Å². The van der Waals surface area contributed by atoms with Gasteiger partial charge < -0.3 is 37.9 Å². The van der Waals surface area contributed by atoms with Crippen molar-refractivity contribution in [2.75, 3.05) is 19.5 Å². The highest BCUT2D eigenvalue weighted by Gasteiger charge is 2.49. The molecule has 8 atom stereocenters. The van der Waals surface area contributed by atoms with Crippen LogP contribution in [0, 0.1) is 0 Å². The van der Waals surface area contributed by atoms with Gasteiger partial charge in [-0.15, -0.1) is 11.8 Å². The van der Waals surface area contributed by atoms with Crippen molar-refractivity contribution in [3.8, 4) is 0 Å². The molecule has 0 N–H and O–H groups in total. The van der Waals surface area contributed by atoms with Crippen molar-refractivity contribution in [2.45, 2.75) is 82.0 Å². The van der Waals surface area contributed by atoms with Crippen molar-refractivity contribution in [3.05, 3.63) is 120 Å². The monoisotopic (exact) mass is 692 g/mol. The number of esters is 2. The summed E-state index contributed by atoms with van der Waals surface area (Å²) in [6.07, 6.45) is -0.737. The maximum Gasteiger partial charge on any atom is 0.303 e. The molecule has 1 saturated heterocycles. The number of methoxy groups -OCH3 is 1. The quantitative estimate of drug-likeness (QED) is 0.138. The summed E-state index contributed by atoms with van der Waals surface area (Å²) >= 11 is 1.48. The molecular formula is C38H44O10S. The van der Waals surface area contributed by atoms with Gasteiger partial charge in [-0.25, -0.2) is 0 Å². The predicted octanol–water partition coefficient (Wildman–Crippen LogP) is 5.62. The van der Waals surface area contributed by atoms with E-state index in [1.54, 1.807) is 13.2 Å². The zero-order chi connectivity index (χ0) is 34.4. The number of ether oxygens (including phenoxy) is 8. The molecule has 0 radical (unpaired) electrons. The van der Waals surface area contributed by atoms with Crippen LogP contribution in [0.5, 0.6) is 0 Å². The smallest absolute Gasteiger partial charge is 0.303 e. The Labute approximate surface area is 291 Å². The van der Waals surface area contributed by atoms with Crippen molar-refractivity contribution >= 4 is 23.7 Å². The van der Waals surface area contributed by atoms with Crippen molar-refractivity contribution in [1.29, 1.82) is 0 Å². The Bertz CT molecular complexity index is 1460. The Morgan fingerprint density at radius 3 is 1.69 bits per heavy atom. The van der Waals surface area contributed by atoms with E-state index >= 15 is 0 Å². The molecule has 0 unspecified atom stereocenters. The van der Waals surface area contributed by atoms with Gasteiger partial charge in [0.15, 0.2) is 6.29 Å². The summed E-state index contributed by atoms with van der Waals surface area (Å²) in [5.41, 5.74) is 2.59. The molecule has 0 amide bonds. The summed E-state index contributed by atoms with van der Waals surface area (Å²) in [5.74, 6) is -0.472. The van der Waals surface area contributed by atoms with Crippen LogP contribution < -0.4 is 0 Å². The Balaban J connectivity index is 1.38. The number of carbonyl (C=O) groups excluding carboxylic acids is 2. The van der Waals surface area contributed by atoms with Crippen LogP contribution in [0.1, 0.15) is 30.5 Å². The van der Waals surface area contributed by atoms with Gasteiger partial charge in [0.05, 0.1) is 25.9 Å². The van der Waals surface area contributed by atoms with E-state index in [1.807, 2.05) is 97.1 Å². The van der Waals surface area contributed by atoms with Gasteiger partial charge in [-0.2, -0.15) is 0 Å². The van der Waals surface area contributed by atoms with E-state index in [2.05, 4.69) is 0 Å². The maximum absolute atomic E-state index is 11.7. The van der Waals surface area contributed by atoms with Crippen LogP contribution in [0.3, 0.4) is 0 Å². The van der Waals surface area contributed by atoms with Gasteiger partial charge in [0.1, 0.15) is 42.6 Å². The topological polar surface area (TPSA) is 108 Å². The van der Waals surface area contributed by atoms with E-state index in [9.17, 15) is 9.59 Å². The van der Waals surface area contributed by atoms with Crippen molar-refractivity contribution < 1.29 is 47.5 Å². The summed E-state index contributed by atoms with van der Waals surface area (Å²) in [6, 6.07) is 29.8. The molecule has 3 aromatic carbocycles. The molecule has 1 fully saturated rings. The fourth-order valence-electron chi connectivity index (χ4n) is 5.61. The van der Waals surface area contributed by atoms with Crippen LogP contribution in [-0.2, 0) is 67.3 Å². The summed E-state index contributed by atoms with van der Waals surface area (Å²) in [5, 5.41) is 0. The van der Waals surface area contributed by atoms with E-state index < -0.39 is 60.3 Å². The number of hydrogen-bond acceptors (Lipinski definition) is 11. The first-order valence-electron chi connectivity index (χ1n) is 16.3. The fourth-order valence-corrected chi connectivity index (χ4v) is 6.68.